The highest BCUT2D eigenvalue weighted by atomic mass is 16.5. The molecule has 22 heavy (non-hydrogen) atoms. The van der Waals surface area contributed by atoms with Gasteiger partial charge in [0.1, 0.15) is 6.10 Å². The molecule has 2 nitrogen and oxygen atoms in total. The van der Waals surface area contributed by atoms with E-state index in [9.17, 15) is 4.79 Å². The minimum absolute atomic E-state index is 0.139. The Morgan fingerprint density at radius 3 is 1.55 bits per heavy atom. The summed E-state index contributed by atoms with van der Waals surface area (Å²) in [6.45, 7) is 8.23. The molecule has 0 N–H and O–H groups in total. The van der Waals surface area contributed by atoms with Gasteiger partial charge in [-0.25, -0.2) is 0 Å². The monoisotopic (exact) mass is 312 g/mol. The fourth-order valence-electron chi connectivity index (χ4n) is 2.92. The molecule has 0 amide bonds. The normalized spacial score (nSPS) is 12.6. The standard InChI is InChI=1S/C20H40O2/c1-5-20(22-19(4)21)17-15-13-11-9-7-6-8-10-12-14-16-18(2)3/h18,20H,5-17H2,1-4H3. The Kier molecular flexibility index (Phi) is 15.0. The third kappa shape index (κ3) is 15.9. The summed E-state index contributed by atoms with van der Waals surface area (Å²) in [6, 6.07) is 0. The molecule has 0 aromatic heterocycles. The zero-order chi connectivity index (χ0) is 16.6. The number of ether oxygens (including phenoxy) is 1. The zero-order valence-corrected chi connectivity index (χ0v) is 15.7. The van der Waals surface area contributed by atoms with Crippen LogP contribution in [0, 0.1) is 5.92 Å². The number of hydrogen-bond donors (Lipinski definition) is 0. The fourth-order valence-corrected chi connectivity index (χ4v) is 2.92. The van der Waals surface area contributed by atoms with Gasteiger partial charge in [-0.05, 0) is 25.2 Å². The van der Waals surface area contributed by atoms with Crippen molar-refractivity contribution in [2.75, 3.05) is 0 Å². The number of rotatable bonds is 15. The van der Waals surface area contributed by atoms with Crippen molar-refractivity contribution in [3.63, 3.8) is 0 Å². The van der Waals surface area contributed by atoms with Crippen molar-refractivity contribution in [3.05, 3.63) is 0 Å². The van der Waals surface area contributed by atoms with E-state index in [1.165, 1.54) is 77.6 Å². The van der Waals surface area contributed by atoms with E-state index >= 15 is 0 Å². The van der Waals surface area contributed by atoms with E-state index < -0.39 is 0 Å². The number of unbranched alkanes of at least 4 members (excludes halogenated alkanes) is 9. The zero-order valence-electron chi connectivity index (χ0n) is 15.7. The summed E-state index contributed by atoms with van der Waals surface area (Å²) >= 11 is 0. The van der Waals surface area contributed by atoms with Crippen LogP contribution in [-0.2, 0) is 9.53 Å². The molecule has 0 spiro atoms. The first kappa shape index (κ1) is 21.5. The molecule has 1 atom stereocenters. The van der Waals surface area contributed by atoms with E-state index in [2.05, 4.69) is 20.8 Å². The minimum Gasteiger partial charge on any atom is -0.463 e. The number of esters is 1. The molecule has 0 aromatic rings. The van der Waals surface area contributed by atoms with Crippen molar-refractivity contribution in [1.29, 1.82) is 0 Å². The maximum atomic E-state index is 10.9. The molecule has 0 aliphatic rings. The van der Waals surface area contributed by atoms with Gasteiger partial charge in [-0.1, -0.05) is 85.0 Å². The molecule has 0 rings (SSSR count). The largest absolute Gasteiger partial charge is 0.463 e. The molecule has 0 aromatic carbocycles. The summed E-state index contributed by atoms with van der Waals surface area (Å²) in [6.07, 6.45) is 17.2. The van der Waals surface area contributed by atoms with Crippen LogP contribution in [-0.4, -0.2) is 12.1 Å². The van der Waals surface area contributed by atoms with Crippen molar-refractivity contribution < 1.29 is 9.53 Å². The lowest BCUT2D eigenvalue weighted by atomic mass is 10.0. The molecule has 2 heteroatoms. The van der Waals surface area contributed by atoms with Crippen LogP contribution in [0.2, 0.25) is 0 Å². The van der Waals surface area contributed by atoms with Gasteiger partial charge in [-0.2, -0.15) is 0 Å². The highest BCUT2D eigenvalue weighted by Crippen LogP contribution is 2.15. The van der Waals surface area contributed by atoms with Gasteiger partial charge in [-0.3, -0.25) is 4.79 Å². The lowest BCUT2D eigenvalue weighted by Gasteiger charge is -2.14. The van der Waals surface area contributed by atoms with E-state index in [4.69, 9.17) is 4.74 Å². The van der Waals surface area contributed by atoms with Crippen LogP contribution in [0.3, 0.4) is 0 Å². The maximum absolute atomic E-state index is 10.9. The first-order valence-corrected chi connectivity index (χ1v) is 9.73. The predicted octanol–water partition coefficient (Wildman–Crippen LogP) is 6.67. The van der Waals surface area contributed by atoms with Gasteiger partial charge in [0.25, 0.3) is 0 Å². The second-order valence-electron chi connectivity index (χ2n) is 7.15. The molecule has 0 aliphatic carbocycles. The second kappa shape index (κ2) is 15.4. The molecule has 0 heterocycles. The average Bonchev–Trinajstić information content (AvgIpc) is 2.46. The minimum atomic E-state index is -0.139. The predicted molar refractivity (Wildman–Crippen MR) is 96.1 cm³/mol. The third-order valence-electron chi connectivity index (χ3n) is 4.35. The molecule has 1 unspecified atom stereocenters. The van der Waals surface area contributed by atoms with Crippen LogP contribution in [0.1, 0.15) is 111 Å². The van der Waals surface area contributed by atoms with Crippen molar-refractivity contribution in [2.24, 2.45) is 5.92 Å². The molecule has 0 bridgehead atoms. The first-order valence-electron chi connectivity index (χ1n) is 9.73. The Bertz CT molecular complexity index is 248. The van der Waals surface area contributed by atoms with Crippen molar-refractivity contribution >= 4 is 5.97 Å². The van der Waals surface area contributed by atoms with Crippen LogP contribution in [0.5, 0.6) is 0 Å². The average molecular weight is 313 g/mol. The molecule has 0 saturated heterocycles. The number of carbonyl (C=O) groups excluding carboxylic acids is 1. The van der Waals surface area contributed by atoms with E-state index in [0.29, 0.717) is 0 Å². The van der Waals surface area contributed by atoms with E-state index in [1.807, 2.05) is 0 Å². The van der Waals surface area contributed by atoms with Gasteiger partial charge < -0.3 is 4.74 Å². The Labute approximate surface area is 139 Å². The van der Waals surface area contributed by atoms with Gasteiger partial charge in [0, 0.05) is 6.92 Å². The Hall–Kier alpha value is -0.530. The molecular weight excluding hydrogens is 272 g/mol. The topological polar surface area (TPSA) is 26.3 Å². The van der Waals surface area contributed by atoms with Gasteiger partial charge in [-0.15, -0.1) is 0 Å². The summed E-state index contributed by atoms with van der Waals surface area (Å²) < 4.78 is 5.27. The van der Waals surface area contributed by atoms with Crippen LogP contribution in [0.4, 0.5) is 0 Å². The Morgan fingerprint density at radius 1 is 0.773 bits per heavy atom. The quantitative estimate of drug-likeness (QED) is 0.249. The van der Waals surface area contributed by atoms with Crippen molar-refractivity contribution in [1.82, 2.24) is 0 Å². The van der Waals surface area contributed by atoms with Gasteiger partial charge in [0.05, 0.1) is 0 Å². The van der Waals surface area contributed by atoms with Gasteiger partial charge in [0.15, 0.2) is 0 Å². The number of hydrogen-bond acceptors (Lipinski definition) is 2. The van der Waals surface area contributed by atoms with Gasteiger partial charge in [0.2, 0.25) is 0 Å². The molecule has 0 fully saturated rings. The lowest BCUT2D eigenvalue weighted by Crippen LogP contribution is -2.14. The maximum Gasteiger partial charge on any atom is 0.302 e. The Balaban J connectivity index is 3.21. The molecule has 0 aliphatic heterocycles. The fraction of sp³-hybridized carbons (Fsp3) is 0.950. The van der Waals surface area contributed by atoms with Crippen molar-refractivity contribution in [2.45, 2.75) is 117 Å². The highest BCUT2D eigenvalue weighted by Gasteiger charge is 2.08. The third-order valence-corrected chi connectivity index (χ3v) is 4.35. The molecule has 132 valence electrons. The van der Waals surface area contributed by atoms with E-state index in [1.54, 1.807) is 0 Å². The van der Waals surface area contributed by atoms with E-state index in [-0.39, 0.29) is 12.1 Å². The van der Waals surface area contributed by atoms with Crippen LogP contribution >= 0.6 is 0 Å². The summed E-state index contributed by atoms with van der Waals surface area (Å²) in [4.78, 5) is 10.9. The first-order chi connectivity index (χ1) is 10.6. The summed E-state index contributed by atoms with van der Waals surface area (Å²) in [7, 11) is 0. The second-order valence-corrected chi connectivity index (χ2v) is 7.15. The van der Waals surface area contributed by atoms with Crippen LogP contribution in [0.15, 0.2) is 0 Å². The van der Waals surface area contributed by atoms with Crippen LogP contribution in [0.25, 0.3) is 0 Å². The van der Waals surface area contributed by atoms with E-state index in [0.717, 1.165) is 18.8 Å². The van der Waals surface area contributed by atoms with Crippen molar-refractivity contribution in [3.8, 4) is 0 Å². The summed E-state index contributed by atoms with van der Waals surface area (Å²) in [5, 5.41) is 0. The van der Waals surface area contributed by atoms with Gasteiger partial charge >= 0.3 is 5.97 Å². The summed E-state index contributed by atoms with van der Waals surface area (Å²) in [5.41, 5.74) is 0. The summed E-state index contributed by atoms with van der Waals surface area (Å²) in [5.74, 6) is 0.730. The SMILES string of the molecule is CCC(CCCCCCCCCCCCC(C)C)OC(C)=O. The Morgan fingerprint density at radius 2 is 1.18 bits per heavy atom. The molecular formula is C20H40O2. The molecule has 0 radical (unpaired) electrons. The lowest BCUT2D eigenvalue weighted by molar-refractivity contribution is -0.146. The molecule has 0 saturated carbocycles. The number of carbonyl (C=O) groups is 1. The van der Waals surface area contributed by atoms with Crippen LogP contribution < -0.4 is 0 Å². The highest BCUT2D eigenvalue weighted by molar-refractivity contribution is 5.66. The smallest absolute Gasteiger partial charge is 0.302 e.